The summed E-state index contributed by atoms with van der Waals surface area (Å²) in [4.78, 5) is 0. The maximum absolute atomic E-state index is 5.55. The molecule has 2 heterocycles. The largest absolute Gasteiger partial charge is 0.463 e. The van der Waals surface area contributed by atoms with E-state index in [-0.39, 0.29) is 12.2 Å². The third kappa shape index (κ3) is 1.89. The molecule has 13 heavy (non-hydrogen) atoms. The summed E-state index contributed by atoms with van der Waals surface area (Å²) in [5, 5.41) is 8.40. The van der Waals surface area contributed by atoms with Crippen LogP contribution in [0.25, 0.3) is 0 Å². The molecular formula is C7H11N3O2S. The van der Waals surface area contributed by atoms with Crippen LogP contribution in [0.5, 0.6) is 5.19 Å². The van der Waals surface area contributed by atoms with Gasteiger partial charge in [-0.3, -0.25) is 0 Å². The Labute approximate surface area is 79.9 Å². The molecule has 1 aliphatic heterocycles. The van der Waals surface area contributed by atoms with Crippen molar-refractivity contribution in [2.75, 3.05) is 12.3 Å². The first-order valence-corrected chi connectivity index (χ1v) is 4.94. The molecule has 2 rings (SSSR count). The Morgan fingerprint density at radius 1 is 1.62 bits per heavy atom. The summed E-state index contributed by atoms with van der Waals surface area (Å²) in [5.74, 6) is 0. The Balaban J connectivity index is 1.97. The summed E-state index contributed by atoms with van der Waals surface area (Å²) in [6.45, 7) is 2.74. The molecule has 0 bridgehead atoms. The number of rotatable bonds is 2. The number of ether oxygens (including phenoxy) is 2. The summed E-state index contributed by atoms with van der Waals surface area (Å²) in [6.07, 6.45) is 1.12. The van der Waals surface area contributed by atoms with Gasteiger partial charge in [0, 0.05) is 6.42 Å². The van der Waals surface area contributed by atoms with Crippen LogP contribution in [0.15, 0.2) is 0 Å². The van der Waals surface area contributed by atoms with Gasteiger partial charge in [-0.15, -0.1) is 5.10 Å². The maximum Gasteiger partial charge on any atom is 0.296 e. The zero-order valence-electron chi connectivity index (χ0n) is 7.27. The lowest BCUT2D eigenvalue weighted by Crippen LogP contribution is -2.24. The molecule has 1 aromatic rings. The highest BCUT2D eigenvalue weighted by Crippen LogP contribution is 2.24. The molecule has 0 spiro atoms. The number of nitrogen functional groups attached to an aromatic ring is 1. The van der Waals surface area contributed by atoms with Gasteiger partial charge in [0.25, 0.3) is 5.19 Å². The summed E-state index contributed by atoms with van der Waals surface area (Å²) < 4.78 is 10.9. The van der Waals surface area contributed by atoms with E-state index in [4.69, 9.17) is 15.2 Å². The third-order valence-corrected chi connectivity index (χ3v) is 2.62. The van der Waals surface area contributed by atoms with Crippen LogP contribution < -0.4 is 10.5 Å². The van der Waals surface area contributed by atoms with Crippen LogP contribution in [-0.4, -0.2) is 29.0 Å². The fraction of sp³-hybridized carbons (Fsp3) is 0.714. The highest BCUT2D eigenvalue weighted by Gasteiger charge is 2.26. The third-order valence-electron chi connectivity index (χ3n) is 1.98. The summed E-state index contributed by atoms with van der Waals surface area (Å²) >= 11 is 1.25. The predicted octanol–water partition coefficient (Wildman–Crippen LogP) is 0.677. The van der Waals surface area contributed by atoms with E-state index in [2.05, 4.69) is 10.2 Å². The van der Waals surface area contributed by atoms with Gasteiger partial charge in [0.1, 0.15) is 6.10 Å². The van der Waals surface area contributed by atoms with Gasteiger partial charge in [0.15, 0.2) is 0 Å². The Hall–Kier alpha value is -0.880. The van der Waals surface area contributed by atoms with Crippen molar-refractivity contribution in [3.05, 3.63) is 0 Å². The Morgan fingerprint density at radius 2 is 2.46 bits per heavy atom. The normalized spacial score (nSPS) is 27.8. The van der Waals surface area contributed by atoms with Gasteiger partial charge in [-0.2, -0.15) is 0 Å². The van der Waals surface area contributed by atoms with Gasteiger partial charge >= 0.3 is 0 Å². The molecule has 0 amide bonds. The molecule has 2 atom stereocenters. The molecule has 0 saturated carbocycles. The topological polar surface area (TPSA) is 70.3 Å². The molecular weight excluding hydrogens is 190 g/mol. The molecule has 1 fully saturated rings. The lowest BCUT2D eigenvalue weighted by atomic mass is 10.2. The monoisotopic (exact) mass is 201 g/mol. The first-order chi connectivity index (χ1) is 6.25. The van der Waals surface area contributed by atoms with E-state index in [1.807, 2.05) is 6.92 Å². The fourth-order valence-electron chi connectivity index (χ4n) is 1.26. The maximum atomic E-state index is 5.55. The smallest absolute Gasteiger partial charge is 0.296 e. The number of nitrogens with two attached hydrogens (primary N) is 1. The van der Waals surface area contributed by atoms with Crippen LogP contribution in [-0.2, 0) is 4.74 Å². The second kappa shape index (κ2) is 3.47. The summed E-state index contributed by atoms with van der Waals surface area (Å²) in [7, 11) is 0. The average molecular weight is 201 g/mol. The Kier molecular flexibility index (Phi) is 2.32. The van der Waals surface area contributed by atoms with Crippen molar-refractivity contribution in [1.82, 2.24) is 10.2 Å². The number of hydrogen-bond donors (Lipinski definition) is 1. The van der Waals surface area contributed by atoms with Crippen LogP contribution in [0.2, 0.25) is 0 Å². The Bertz CT molecular complexity index is 291. The van der Waals surface area contributed by atoms with Gasteiger partial charge < -0.3 is 15.2 Å². The lowest BCUT2D eigenvalue weighted by Gasteiger charge is -2.13. The van der Waals surface area contributed by atoms with Gasteiger partial charge in [0.05, 0.1) is 12.7 Å². The molecule has 72 valence electrons. The van der Waals surface area contributed by atoms with Crippen molar-refractivity contribution < 1.29 is 9.47 Å². The van der Waals surface area contributed by atoms with E-state index in [1.165, 1.54) is 11.3 Å². The summed E-state index contributed by atoms with van der Waals surface area (Å²) in [5.41, 5.74) is 5.42. The van der Waals surface area contributed by atoms with Crippen molar-refractivity contribution in [3.63, 3.8) is 0 Å². The molecule has 6 heteroatoms. The van der Waals surface area contributed by atoms with Crippen molar-refractivity contribution in [2.24, 2.45) is 0 Å². The van der Waals surface area contributed by atoms with E-state index >= 15 is 0 Å². The SMILES string of the molecule is CC1OCCC1Oc1nnc(N)s1. The number of aromatic nitrogens is 2. The molecule has 0 radical (unpaired) electrons. The zero-order valence-corrected chi connectivity index (χ0v) is 8.08. The minimum absolute atomic E-state index is 0.0901. The quantitative estimate of drug-likeness (QED) is 0.761. The summed E-state index contributed by atoms with van der Waals surface area (Å²) in [6, 6.07) is 0. The van der Waals surface area contributed by atoms with Gasteiger partial charge in [0.2, 0.25) is 5.13 Å². The minimum Gasteiger partial charge on any atom is -0.463 e. The number of nitrogens with zero attached hydrogens (tertiary/aromatic N) is 2. The fourth-order valence-corrected chi connectivity index (χ4v) is 1.78. The molecule has 1 aliphatic rings. The zero-order chi connectivity index (χ0) is 9.26. The molecule has 2 N–H and O–H groups in total. The van der Waals surface area contributed by atoms with Crippen LogP contribution in [0, 0.1) is 0 Å². The van der Waals surface area contributed by atoms with E-state index in [0.29, 0.717) is 10.3 Å². The Morgan fingerprint density at radius 3 is 3.00 bits per heavy atom. The minimum atomic E-state index is 0.0901. The van der Waals surface area contributed by atoms with Gasteiger partial charge in [-0.05, 0) is 18.3 Å². The predicted molar refractivity (Wildman–Crippen MR) is 48.8 cm³/mol. The number of hydrogen-bond acceptors (Lipinski definition) is 6. The highest BCUT2D eigenvalue weighted by molar-refractivity contribution is 7.16. The van der Waals surface area contributed by atoms with E-state index in [0.717, 1.165) is 13.0 Å². The molecule has 0 aliphatic carbocycles. The molecule has 2 unspecified atom stereocenters. The second-order valence-corrected chi connectivity index (χ2v) is 3.90. The molecule has 1 saturated heterocycles. The average Bonchev–Trinajstić information content (AvgIpc) is 2.64. The lowest BCUT2D eigenvalue weighted by molar-refractivity contribution is 0.0669. The van der Waals surface area contributed by atoms with Crippen LogP contribution >= 0.6 is 11.3 Å². The van der Waals surface area contributed by atoms with Crippen molar-refractivity contribution in [2.45, 2.75) is 25.6 Å². The first kappa shape index (κ1) is 8.71. The van der Waals surface area contributed by atoms with Crippen LogP contribution in [0.1, 0.15) is 13.3 Å². The van der Waals surface area contributed by atoms with E-state index < -0.39 is 0 Å². The van der Waals surface area contributed by atoms with Gasteiger partial charge in [-0.25, -0.2) is 0 Å². The second-order valence-electron chi connectivity index (χ2n) is 2.93. The highest BCUT2D eigenvalue weighted by atomic mass is 32.1. The first-order valence-electron chi connectivity index (χ1n) is 4.13. The standard InChI is InChI=1S/C7H11N3O2S/c1-4-5(2-3-11-4)12-7-10-9-6(8)13-7/h4-5H,2-3H2,1H3,(H2,8,9). The van der Waals surface area contributed by atoms with Crippen molar-refractivity contribution in [1.29, 1.82) is 0 Å². The number of anilines is 1. The van der Waals surface area contributed by atoms with E-state index in [9.17, 15) is 0 Å². The van der Waals surface area contributed by atoms with Crippen LogP contribution in [0.4, 0.5) is 5.13 Å². The van der Waals surface area contributed by atoms with Crippen molar-refractivity contribution >= 4 is 16.5 Å². The molecule has 5 nitrogen and oxygen atoms in total. The van der Waals surface area contributed by atoms with Crippen LogP contribution in [0.3, 0.4) is 0 Å². The van der Waals surface area contributed by atoms with Gasteiger partial charge in [-0.1, -0.05) is 5.10 Å². The van der Waals surface area contributed by atoms with E-state index in [1.54, 1.807) is 0 Å². The van der Waals surface area contributed by atoms with Crippen molar-refractivity contribution in [3.8, 4) is 5.19 Å². The molecule has 1 aromatic heterocycles. The molecule has 0 aromatic carbocycles.